The Morgan fingerprint density at radius 3 is 2.33 bits per heavy atom. The molecule has 1 aliphatic carbocycles. The van der Waals surface area contributed by atoms with Crippen LogP contribution in [0.5, 0.6) is 0 Å². The van der Waals surface area contributed by atoms with Crippen molar-refractivity contribution in [2.45, 2.75) is 45.6 Å². The highest BCUT2D eigenvalue weighted by atomic mass is 16.6. The van der Waals surface area contributed by atoms with E-state index < -0.39 is 5.60 Å². The zero-order valence-electron chi connectivity index (χ0n) is 11.7. The molecule has 104 valence electrons. The van der Waals surface area contributed by atoms with Crippen molar-refractivity contribution in [2.75, 3.05) is 19.7 Å². The number of hydrogen-bond donors (Lipinski definition) is 1. The maximum Gasteiger partial charge on any atom is 0.410 e. The lowest BCUT2D eigenvalue weighted by molar-refractivity contribution is -0.0346. The van der Waals surface area contributed by atoms with E-state index in [0.29, 0.717) is 17.8 Å². The molecule has 1 saturated heterocycles. The van der Waals surface area contributed by atoms with Crippen LogP contribution in [0.4, 0.5) is 4.79 Å². The summed E-state index contributed by atoms with van der Waals surface area (Å²) in [7, 11) is 0. The van der Waals surface area contributed by atoms with Crippen molar-refractivity contribution in [3.63, 3.8) is 0 Å². The van der Waals surface area contributed by atoms with Crippen molar-refractivity contribution in [2.24, 2.45) is 17.8 Å². The molecule has 1 atom stereocenters. The van der Waals surface area contributed by atoms with Crippen LogP contribution >= 0.6 is 0 Å². The summed E-state index contributed by atoms with van der Waals surface area (Å²) in [5.41, 5.74) is -0.424. The first-order valence-electron chi connectivity index (χ1n) is 6.99. The van der Waals surface area contributed by atoms with Crippen LogP contribution in [0.1, 0.15) is 40.0 Å². The van der Waals surface area contributed by atoms with Gasteiger partial charge in [-0.05, 0) is 38.5 Å². The highest BCUT2D eigenvalue weighted by Gasteiger charge is 2.41. The smallest absolute Gasteiger partial charge is 0.410 e. The van der Waals surface area contributed by atoms with Crippen molar-refractivity contribution in [1.29, 1.82) is 0 Å². The number of ether oxygens (including phenoxy) is 1. The number of aliphatic hydroxyl groups is 1. The van der Waals surface area contributed by atoms with E-state index in [0.717, 1.165) is 13.1 Å². The Labute approximate surface area is 109 Å². The number of carbonyl (C=O) groups is 1. The molecule has 4 heteroatoms. The Morgan fingerprint density at radius 2 is 1.94 bits per heavy atom. The van der Waals surface area contributed by atoms with Gasteiger partial charge in [0, 0.05) is 19.7 Å². The molecule has 1 N–H and O–H groups in total. The third kappa shape index (κ3) is 2.97. The second kappa shape index (κ2) is 5.08. The summed E-state index contributed by atoms with van der Waals surface area (Å²) < 4.78 is 5.33. The van der Waals surface area contributed by atoms with Crippen LogP contribution < -0.4 is 0 Å². The molecule has 1 heterocycles. The van der Waals surface area contributed by atoms with Gasteiger partial charge in [-0.15, -0.1) is 0 Å². The van der Waals surface area contributed by atoms with Crippen LogP contribution in [0.25, 0.3) is 0 Å². The molecule has 1 unspecified atom stereocenters. The maximum absolute atomic E-state index is 11.8. The van der Waals surface area contributed by atoms with Gasteiger partial charge in [-0.1, -0.05) is 19.3 Å². The van der Waals surface area contributed by atoms with Gasteiger partial charge in [0.05, 0.1) is 0 Å². The number of rotatable bonds is 3. The molecule has 0 aromatic carbocycles. The van der Waals surface area contributed by atoms with E-state index in [4.69, 9.17) is 4.74 Å². The van der Waals surface area contributed by atoms with Gasteiger partial charge < -0.3 is 14.7 Å². The fraction of sp³-hybridized carbons (Fsp3) is 0.929. The average Bonchev–Trinajstić information content (AvgIpc) is 2.07. The van der Waals surface area contributed by atoms with Crippen LogP contribution in [-0.4, -0.2) is 41.4 Å². The number of carbonyl (C=O) groups excluding carboxylic acids is 1. The minimum Gasteiger partial charge on any atom is -0.444 e. The summed E-state index contributed by atoms with van der Waals surface area (Å²) in [6, 6.07) is 0. The van der Waals surface area contributed by atoms with E-state index in [9.17, 15) is 9.90 Å². The average molecular weight is 255 g/mol. The fourth-order valence-corrected chi connectivity index (χ4v) is 2.81. The number of aliphatic hydroxyl groups excluding tert-OH is 1. The molecule has 2 rings (SSSR count). The highest BCUT2D eigenvalue weighted by Crippen LogP contribution is 2.40. The number of hydrogen-bond acceptors (Lipinski definition) is 3. The van der Waals surface area contributed by atoms with E-state index in [1.54, 1.807) is 4.90 Å². The van der Waals surface area contributed by atoms with Crippen molar-refractivity contribution < 1.29 is 14.6 Å². The Hall–Kier alpha value is -0.770. The monoisotopic (exact) mass is 255 g/mol. The molecular formula is C14H25NO3. The number of amides is 1. The van der Waals surface area contributed by atoms with Crippen molar-refractivity contribution in [3.8, 4) is 0 Å². The minimum atomic E-state index is -0.424. The molecule has 4 nitrogen and oxygen atoms in total. The minimum absolute atomic E-state index is 0.218. The molecule has 1 amide bonds. The standard InChI is InChI=1S/C14H25NO3/c1-14(2,3)18-13(17)15-7-11(8-15)12(9-16)10-5-4-6-10/h10-12,16H,4-9H2,1-3H3. The summed E-state index contributed by atoms with van der Waals surface area (Å²) >= 11 is 0. The zero-order valence-corrected chi connectivity index (χ0v) is 11.7. The van der Waals surface area contributed by atoms with Crippen LogP contribution in [-0.2, 0) is 4.74 Å². The van der Waals surface area contributed by atoms with Crippen LogP contribution in [0.2, 0.25) is 0 Å². The third-order valence-corrected chi connectivity index (χ3v) is 4.13. The molecule has 0 aromatic heterocycles. The molecule has 1 aliphatic heterocycles. The van der Waals surface area contributed by atoms with E-state index >= 15 is 0 Å². The molecule has 18 heavy (non-hydrogen) atoms. The predicted molar refractivity (Wildman–Crippen MR) is 69.2 cm³/mol. The van der Waals surface area contributed by atoms with Gasteiger partial charge in [-0.3, -0.25) is 0 Å². The van der Waals surface area contributed by atoms with E-state index in [1.165, 1.54) is 19.3 Å². The Bertz CT molecular complexity index is 301. The first-order valence-corrected chi connectivity index (χ1v) is 6.99. The summed E-state index contributed by atoms with van der Waals surface area (Å²) in [6.45, 7) is 7.40. The number of likely N-dealkylation sites (tertiary alicyclic amines) is 1. The Morgan fingerprint density at radius 1 is 1.33 bits per heavy atom. The second-order valence-corrected chi connectivity index (χ2v) is 6.68. The van der Waals surface area contributed by atoms with Gasteiger partial charge in [0.1, 0.15) is 5.60 Å². The largest absolute Gasteiger partial charge is 0.444 e. The van der Waals surface area contributed by atoms with E-state index in [-0.39, 0.29) is 12.7 Å². The van der Waals surface area contributed by atoms with Crippen LogP contribution in [0, 0.1) is 17.8 Å². The molecule has 2 fully saturated rings. The normalized spacial score (nSPS) is 23.2. The Kier molecular flexibility index (Phi) is 3.85. The quantitative estimate of drug-likeness (QED) is 0.841. The summed E-state index contributed by atoms with van der Waals surface area (Å²) in [5.74, 6) is 1.53. The lowest BCUT2D eigenvalue weighted by Crippen LogP contribution is -2.56. The topological polar surface area (TPSA) is 49.8 Å². The molecule has 0 bridgehead atoms. The van der Waals surface area contributed by atoms with Crippen molar-refractivity contribution >= 4 is 6.09 Å². The van der Waals surface area contributed by atoms with Gasteiger partial charge in [-0.2, -0.15) is 0 Å². The van der Waals surface area contributed by atoms with Gasteiger partial charge in [0.25, 0.3) is 0 Å². The van der Waals surface area contributed by atoms with Crippen molar-refractivity contribution in [1.82, 2.24) is 4.90 Å². The van der Waals surface area contributed by atoms with Gasteiger partial charge in [0.2, 0.25) is 0 Å². The molecular weight excluding hydrogens is 230 g/mol. The van der Waals surface area contributed by atoms with E-state index in [1.807, 2.05) is 20.8 Å². The van der Waals surface area contributed by atoms with Gasteiger partial charge in [-0.25, -0.2) is 4.79 Å². The Balaban J connectivity index is 1.77. The zero-order chi connectivity index (χ0) is 13.3. The van der Waals surface area contributed by atoms with Crippen LogP contribution in [0.3, 0.4) is 0 Å². The first kappa shape index (κ1) is 13.7. The third-order valence-electron chi connectivity index (χ3n) is 4.13. The summed E-state index contributed by atoms with van der Waals surface area (Å²) in [6.07, 6.45) is 3.57. The lowest BCUT2D eigenvalue weighted by atomic mass is 9.69. The van der Waals surface area contributed by atoms with Gasteiger partial charge >= 0.3 is 6.09 Å². The fourth-order valence-electron chi connectivity index (χ4n) is 2.81. The molecule has 2 aliphatic rings. The SMILES string of the molecule is CC(C)(C)OC(=O)N1CC(C(CO)C2CCC2)C1. The predicted octanol–water partition coefficient (Wildman–Crippen LogP) is 2.26. The van der Waals surface area contributed by atoms with Crippen LogP contribution in [0.15, 0.2) is 0 Å². The molecule has 1 saturated carbocycles. The van der Waals surface area contributed by atoms with Gasteiger partial charge in [0.15, 0.2) is 0 Å². The highest BCUT2D eigenvalue weighted by molar-refractivity contribution is 5.69. The van der Waals surface area contributed by atoms with Crippen molar-refractivity contribution in [3.05, 3.63) is 0 Å². The summed E-state index contributed by atoms with van der Waals surface area (Å²) in [4.78, 5) is 13.5. The lowest BCUT2D eigenvalue weighted by Gasteiger charge is -2.47. The first-order chi connectivity index (χ1) is 8.40. The molecule has 0 aromatic rings. The number of nitrogens with zero attached hydrogens (tertiary/aromatic N) is 1. The van der Waals surface area contributed by atoms with E-state index in [2.05, 4.69) is 0 Å². The molecule has 0 radical (unpaired) electrons. The second-order valence-electron chi connectivity index (χ2n) is 6.68. The summed E-state index contributed by atoms with van der Waals surface area (Å²) in [5, 5.41) is 9.47. The maximum atomic E-state index is 11.8. The molecule has 0 spiro atoms.